The molecule has 0 saturated heterocycles. The second-order valence-corrected chi connectivity index (χ2v) is 27.9. The summed E-state index contributed by atoms with van der Waals surface area (Å²) in [6, 6.07) is 36.2. The Morgan fingerprint density at radius 3 is 0.895 bits per heavy atom. The SMILES string of the molecule is CC(C)(C)c1cc(-c2c3nc(c(-c4ccc(Br)cc4)c4ccc([n-]4)c(-c4cc(C(C)(C)C)cc(C(C)(C)C)c4)c4nc(c(-c5cc(C(C)(C)C)cc(C(C)(C)C)c5)c5ccc2[n-]5)C(=O)C4=O)C=C3)cc(C(C)(C)C)c1.[Zn+2]. The van der Waals surface area contributed by atoms with E-state index in [9.17, 15) is 0 Å². The number of carbonyl (C=O) groups excluding carboxylic acids is 2. The number of hydrogen-bond donors (Lipinski definition) is 0. The van der Waals surface area contributed by atoms with Crippen LogP contribution in [0.4, 0.5) is 0 Å². The smallest absolute Gasteiger partial charge is 0.657 e. The number of halogens is 1. The molecule has 386 valence electrons. The summed E-state index contributed by atoms with van der Waals surface area (Å²) in [5, 5.41) is 0. The average molecular weight is 1120 g/mol. The van der Waals surface area contributed by atoms with E-state index in [4.69, 9.17) is 19.9 Å². The molecule has 0 unspecified atom stereocenters. The van der Waals surface area contributed by atoms with E-state index in [-0.39, 0.29) is 63.4 Å². The summed E-state index contributed by atoms with van der Waals surface area (Å²) in [7, 11) is 0. The number of ketones is 2. The number of nitrogens with zero attached hydrogens (tertiary/aromatic N) is 4. The molecular formula is C68H73BrN4O2Zn. The Kier molecular flexibility index (Phi) is 14.5. The molecule has 6 nitrogen and oxygen atoms in total. The van der Waals surface area contributed by atoms with Gasteiger partial charge in [0.25, 0.3) is 11.6 Å². The first-order chi connectivity index (χ1) is 34.7. The fourth-order valence-corrected chi connectivity index (χ4v) is 10.1. The topological polar surface area (TPSA) is 88.1 Å². The number of fused-ring (bicyclic) bond motifs is 8. The van der Waals surface area contributed by atoms with Crippen LogP contribution in [0.5, 0.6) is 0 Å². The second kappa shape index (κ2) is 19.6. The Labute approximate surface area is 473 Å². The van der Waals surface area contributed by atoms with Crippen LogP contribution in [0.2, 0.25) is 0 Å². The first-order valence-corrected chi connectivity index (χ1v) is 27.2. The van der Waals surface area contributed by atoms with E-state index in [1.165, 1.54) is 11.1 Å². The van der Waals surface area contributed by atoms with Crippen LogP contribution in [0.15, 0.2) is 108 Å². The summed E-state index contributed by atoms with van der Waals surface area (Å²) in [6.45, 7) is 39.9. The van der Waals surface area contributed by atoms with Crippen molar-refractivity contribution >= 4 is 61.7 Å². The zero-order valence-corrected chi connectivity index (χ0v) is 52.7. The molecule has 8 bridgehead atoms. The summed E-state index contributed by atoms with van der Waals surface area (Å²) in [4.78, 5) is 52.7. The molecule has 0 spiro atoms. The minimum atomic E-state index is -0.681. The summed E-state index contributed by atoms with van der Waals surface area (Å²) < 4.78 is 0.948. The fraction of sp³-hybridized carbons (Fsp3) is 0.353. The molecule has 2 aliphatic heterocycles. The Hall–Kier alpha value is -5.82. The molecule has 3 aromatic heterocycles. The fourth-order valence-electron chi connectivity index (χ4n) is 9.89. The molecule has 8 heteroatoms. The number of carbonyl (C=O) groups is 2. The monoisotopic (exact) mass is 1120 g/mol. The maximum Gasteiger partial charge on any atom is 2.00 e. The van der Waals surface area contributed by atoms with Crippen molar-refractivity contribution in [2.45, 2.75) is 157 Å². The van der Waals surface area contributed by atoms with E-state index in [0.29, 0.717) is 33.2 Å². The number of Topliss-reactive ketones (excluding diaryl/α,β-unsaturated/α-hetero) is 2. The molecule has 76 heavy (non-hydrogen) atoms. The van der Waals surface area contributed by atoms with E-state index in [1.54, 1.807) is 0 Å². The second-order valence-electron chi connectivity index (χ2n) is 27.0. The van der Waals surface area contributed by atoms with Crippen molar-refractivity contribution in [3.8, 4) is 44.5 Å². The first kappa shape index (κ1) is 56.4. The predicted octanol–water partition coefficient (Wildman–Crippen LogP) is 18.0. The van der Waals surface area contributed by atoms with Gasteiger partial charge in [0, 0.05) is 4.47 Å². The third kappa shape index (κ3) is 11.0. The molecule has 0 amide bonds. The predicted molar refractivity (Wildman–Crippen MR) is 318 cm³/mol. The van der Waals surface area contributed by atoms with Gasteiger partial charge in [-0.3, -0.25) is 9.59 Å². The minimum absolute atomic E-state index is 0. The summed E-state index contributed by atoms with van der Waals surface area (Å²) >= 11 is 3.68. The third-order valence-corrected chi connectivity index (χ3v) is 15.3. The number of aromatic nitrogens is 4. The summed E-state index contributed by atoms with van der Waals surface area (Å²) in [5.41, 5.74) is 15.6. The van der Waals surface area contributed by atoms with Crippen LogP contribution < -0.4 is 9.97 Å². The van der Waals surface area contributed by atoms with Gasteiger partial charge in [-0.05, 0) is 135 Å². The Morgan fingerprint density at radius 2 is 0.605 bits per heavy atom. The van der Waals surface area contributed by atoms with Crippen LogP contribution in [-0.2, 0) is 52.0 Å². The van der Waals surface area contributed by atoms with Crippen molar-refractivity contribution in [3.05, 3.63) is 164 Å². The van der Waals surface area contributed by atoms with Gasteiger partial charge in [-0.1, -0.05) is 232 Å². The van der Waals surface area contributed by atoms with Gasteiger partial charge >= 0.3 is 19.5 Å². The van der Waals surface area contributed by atoms with Crippen LogP contribution in [0.1, 0.15) is 190 Å². The number of hydrogen-bond acceptors (Lipinski definition) is 4. The summed E-state index contributed by atoms with van der Waals surface area (Å²) in [5.74, 6) is -1.36. The van der Waals surface area contributed by atoms with Crippen LogP contribution in [0.25, 0.3) is 78.7 Å². The average Bonchev–Trinajstić information content (AvgIpc) is 4.14. The Bertz CT molecular complexity index is 3600. The van der Waals surface area contributed by atoms with Crippen molar-refractivity contribution in [1.82, 2.24) is 19.9 Å². The van der Waals surface area contributed by atoms with Gasteiger partial charge in [-0.2, -0.15) is 0 Å². The van der Waals surface area contributed by atoms with E-state index < -0.39 is 11.6 Å². The molecule has 0 aliphatic carbocycles. The van der Waals surface area contributed by atoms with Gasteiger partial charge in [0.2, 0.25) is 0 Å². The number of benzene rings is 4. The molecule has 0 radical (unpaired) electrons. The Balaban J connectivity index is 0.00000765. The third-order valence-electron chi connectivity index (χ3n) is 14.8. The zero-order valence-electron chi connectivity index (χ0n) is 48.2. The van der Waals surface area contributed by atoms with Gasteiger partial charge < -0.3 is 9.97 Å². The molecule has 7 aromatic rings. The molecular weight excluding hydrogens is 1050 g/mol. The van der Waals surface area contributed by atoms with Crippen LogP contribution in [0, 0.1) is 0 Å². The molecule has 2 aliphatic rings. The normalized spacial score (nSPS) is 13.6. The van der Waals surface area contributed by atoms with Crippen molar-refractivity contribution in [2.24, 2.45) is 0 Å². The van der Waals surface area contributed by atoms with Crippen molar-refractivity contribution in [2.75, 3.05) is 0 Å². The zero-order chi connectivity index (χ0) is 54.7. The van der Waals surface area contributed by atoms with Gasteiger partial charge in [0.15, 0.2) is 0 Å². The minimum Gasteiger partial charge on any atom is -0.657 e. The maximum absolute atomic E-state index is 15.4. The molecule has 9 rings (SSSR count). The Morgan fingerprint density at radius 1 is 0.342 bits per heavy atom. The van der Waals surface area contributed by atoms with Crippen LogP contribution in [0.3, 0.4) is 0 Å². The van der Waals surface area contributed by atoms with Gasteiger partial charge in [0.05, 0.1) is 11.4 Å². The van der Waals surface area contributed by atoms with Gasteiger partial charge in [-0.25, -0.2) is 9.97 Å². The molecule has 0 N–H and O–H groups in total. The van der Waals surface area contributed by atoms with Crippen molar-refractivity contribution in [3.63, 3.8) is 0 Å². The van der Waals surface area contributed by atoms with Crippen molar-refractivity contribution < 1.29 is 29.1 Å². The molecule has 0 atom stereocenters. The van der Waals surface area contributed by atoms with Crippen LogP contribution in [-0.4, -0.2) is 21.5 Å². The molecule has 4 aromatic carbocycles. The van der Waals surface area contributed by atoms with E-state index in [0.717, 1.165) is 71.5 Å². The standard InChI is InChI=1S/C68H75BrN4O2.Zn/c1-63(2,3)42-29-39(30-43(35-42)64(4,5)6)56-51-24-23-49(70-51)55(38-19-21-48(69)22-20-38)50-25-27-53(71-50)57(40-31-44(65(7,8)9)36-45(32-40)66(10,11)12)59-61(74)62(75)60(73-59)58(54-28-26-52(56)72-54)41-33-46(67(13,14)15)37-47(34-41)68(16,17)18;/h19-37H,1-18H3,(H2,70,71,72,73,74,75);/q;+2/p-2. The molecule has 5 heterocycles. The molecule has 0 fully saturated rings. The maximum atomic E-state index is 15.4. The quantitative estimate of drug-likeness (QED) is 0.129. The largest absolute Gasteiger partial charge is 2.00 e. The summed E-state index contributed by atoms with van der Waals surface area (Å²) in [6.07, 6.45) is 4.18. The van der Waals surface area contributed by atoms with E-state index in [1.807, 2.05) is 36.4 Å². The van der Waals surface area contributed by atoms with E-state index >= 15 is 9.59 Å². The first-order valence-electron chi connectivity index (χ1n) is 26.4. The van der Waals surface area contributed by atoms with Crippen LogP contribution >= 0.6 is 15.9 Å². The van der Waals surface area contributed by atoms with Gasteiger partial charge in [0.1, 0.15) is 11.4 Å². The van der Waals surface area contributed by atoms with Crippen molar-refractivity contribution in [1.29, 1.82) is 0 Å². The van der Waals surface area contributed by atoms with E-state index in [2.05, 4.69) is 219 Å². The van der Waals surface area contributed by atoms with Gasteiger partial charge in [-0.15, -0.1) is 22.1 Å². The molecule has 0 saturated carbocycles. The number of rotatable bonds is 4.